The van der Waals surface area contributed by atoms with E-state index in [2.05, 4.69) is 28.0 Å². The molecule has 0 unspecified atom stereocenters. The van der Waals surface area contributed by atoms with Crippen LogP contribution in [0.4, 0.5) is 11.4 Å². The largest absolute Gasteiger partial charge is 0.369 e. The molecule has 0 atom stereocenters. The minimum atomic E-state index is 0.177. The van der Waals surface area contributed by atoms with Gasteiger partial charge in [0.1, 0.15) is 0 Å². The van der Waals surface area contributed by atoms with Gasteiger partial charge < -0.3 is 4.90 Å². The molecule has 2 heterocycles. The van der Waals surface area contributed by atoms with Crippen molar-refractivity contribution in [3.8, 4) is 0 Å². The van der Waals surface area contributed by atoms with Crippen molar-refractivity contribution < 1.29 is 4.79 Å². The number of halogens is 1. The van der Waals surface area contributed by atoms with Gasteiger partial charge in [-0.3, -0.25) is 14.6 Å². The second kappa shape index (κ2) is 8.15. The third kappa shape index (κ3) is 4.18. The predicted octanol–water partition coefficient (Wildman–Crippen LogP) is 3.96. The predicted molar refractivity (Wildman–Crippen MR) is 111 cm³/mol. The van der Waals surface area contributed by atoms with Gasteiger partial charge in [-0.05, 0) is 36.2 Å². The number of rotatable bonds is 4. The molecule has 2 aromatic rings. The van der Waals surface area contributed by atoms with Gasteiger partial charge in [0, 0.05) is 56.1 Å². The summed E-state index contributed by atoms with van der Waals surface area (Å²) >= 11 is 6.10. The first-order chi connectivity index (χ1) is 13.2. The summed E-state index contributed by atoms with van der Waals surface area (Å²) in [6, 6.07) is 16.2. The second-order valence-electron chi connectivity index (χ2n) is 7.04. The maximum Gasteiger partial charge on any atom is 0.231 e. The van der Waals surface area contributed by atoms with Crippen LogP contribution in [0.2, 0.25) is 5.02 Å². The number of carbonyl (C=O) groups excluding carboxylic acids is 1. The zero-order valence-electron chi connectivity index (χ0n) is 15.4. The van der Waals surface area contributed by atoms with Crippen molar-refractivity contribution in [3.63, 3.8) is 0 Å². The van der Waals surface area contributed by atoms with Crippen LogP contribution in [0.25, 0.3) is 0 Å². The van der Waals surface area contributed by atoms with Crippen molar-refractivity contribution in [1.29, 1.82) is 0 Å². The Morgan fingerprint density at radius 3 is 2.59 bits per heavy atom. The Labute approximate surface area is 165 Å². The van der Waals surface area contributed by atoms with Gasteiger partial charge in [-0.1, -0.05) is 41.9 Å². The number of nitrogens with zero attached hydrogens (tertiary/aromatic N) is 3. The minimum Gasteiger partial charge on any atom is -0.369 e. The van der Waals surface area contributed by atoms with Crippen molar-refractivity contribution in [1.82, 2.24) is 4.90 Å². The van der Waals surface area contributed by atoms with Crippen molar-refractivity contribution in [2.75, 3.05) is 42.5 Å². The zero-order valence-corrected chi connectivity index (χ0v) is 16.1. The van der Waals surface area contributed by atoms with Gasteiger partial charge in [0.05, 0.1) is 5.69 Å². The first-order valence-electron chi connectivity index (χ1n) is 9.50. The van der Waals surface area contributed by atoms with Crippen LogP contribution in [0.3, 0.4) is 0 Å². The maximum absolute atomic E-state index is 12.3. The van der Waals surface area contributed by atoms with Crippen LogP contribution in [-0.4, -0.2) is 43.5 Å². The van der Waals surface area contributed by atoms with E-state index < -0.39 is 0 Å². The van der Waals surface area contributed by atoms with E-state index in [1.54, 1.807) is 4.90 Å². The summed E-state index contributed by atoms with van der Waals surface area (Å²) in [4.78, 5) is 18.9. The standard InChI is InChI=1S/C22H24ClN3O/c23-19-6-3-7-20(17-19)25-15-13-24(14-16-25)11-4-12-26-21-8-2-1-5-18(21)9-10-22(26)27/h1-8,12,17H,9-11,13-16H2/b12-4+. The molecular formula is C22H24ClN3O. The number of benzene rings is 2. The van der Waals surface area contributed by atoms with Gasteiger partial charge in [-0.25, -0.2) is 0 Å². The van der Waals surface area contributed by atoms with Gasteiger partial charge in [0.15, 0.2) is 0 Å². The van der Waals surface area contributed by atoms with Crippen molar-refractivity contribution in [2.24, 2.45) is 0 Å². The molecule has 0 N–H and O–H groups in total. The molecule has 5 heteroatoms. The SMILES string of the molecule is O=C1CCc2ccccc2N1/C=C/CN1CCN(c2cccc(Cl)c2)CC1. The molecule has 0 saturated carbocycles. The minimum absolute atomic E-state index is 0.177. The highest BCUT2D eigenvalue weighted by molar-refractivity contribution is 6.30. The summed E-state index contributed by atoms with van der Waals surface area (Å²) < 4.78 is 0. The Morgan fingerprint density at radius 1 is 0.963 bits per heavy atom. The quantitative estimate of drug-likeness (QED) is 0.802. The molecule has 0 aromatic heterocycles. The lowest BCUT2D eigenvalue weighted by Crippen LogP contribution is -2.46. The summed E-state index contributed by atoms with van der Waals surface area (Å²) in [5.74, 6) is 0.177. The number of piperazine rings is 1. The van der Waals surface area contributed by atoms with Crippen LogP contribution in [0.1, 0.15) is 12.0 Å². The lowest BCUT2D eigenvalue weighted by Gasteiger charge is -2.35. The molecular weight excluding hydrogens is 358 g/mol. The molecule has 1 saturated heterocycles. The van der Waals surface area contributed by atoms with Crippen LogP contribution >= 0.6 is 11.6 Å². The van der Waals surface area contributed by atoms with E-state index in [1.807, 2.05) is 42.6 Å². The van der Waals surface area contributed by atoms with Crippen LogP contribution in [0, 0.1) is 0 Å². The van der Waals surface area contributed by atoms with Gasteiger partial charge in [-0.2, -0.15) is 0 Å². The number of fused-ring (bicyclic) bond motifs is 1. The maximum atomic E-state index is 12.3. The second-order valence-corrected chi connectivity index (χ2v) is 7.48. The van der Waals surface area contributed by atoms with E-state index >= 15 is 0 Å². The van der Waals surface area contributed by atoms with E-state index in [4.69, 9.17) is 11.6 Å². The number of hydrogen-bond donors (Lipinski definition) is 0. The third-order valence-electron chi connectivity index (χ3n) is 5.29. The first-order valence-corrected chi connectivity index (χ1v) is 9.88. The summed E-state index contributed by atoms with van der Waals surface area (Å²) in [6.07, 6.45) is 5.48. The molecule has 1 amide bonds. The lowest BCUT2D eigenvalue weighted by molar-refractivity contribution is -0.118. The molecule has 2 aliphatic rings. The highest BCUT2D eigenvalue weighted by Crippen LogP contribution is 2.27. The lowest BCUT2D eigenvalue weighted by atomic mass is 10.0. The van der Waals surface area contributed by atoms with Crippen molar-refractivity contribution >= 4 is 28.9 Å². The Morgan fingerprint density at radius 2 is 1.78 bits per heavy atom. The number of amides is 1. The van der Waals surface area contributed by atoms with E-state index in [0.717, 1.165) is 49.9 Å². The van der Waals surface area contributed by atoms with E-state index in [0.29, 0.717) is 6.42 Å². The summed E-state index contributed by atoms with van der Waals surface area (Å²) in [6.45, 7) is 4.83. The molecule has 0 bridgehead atoms. The van der Waals surface area contributed by atoms with Crippen LogP contribution in [0.5, 0.6) is 0 Å². The summed E-state index contributed by atoms with van der Waals surface area (Å²) in [7, 11) is 0. The molecule has 4 rings (SSSR count). The Balaban J connectivity index is 1.33. The highest BCUT2D eigenvalue weighted by Gasteiger charge is 2.22. The topological polar surface area (TPSA) is 26.8 Å². The molecule has 2 aromatic carbocycles. The van der Waals surface area contributed by atoms with Gasteiger partial charge in [0.25, 0.3) is 0 Å². The van der Waals surface area contributed by atoms with E-state index in [9.17, 15) is 4.79 Å². The molecule has 1 fully saturated rings. The molecule has 27 heavy (non-hydrogen) atoms. The summed E-state index contributed by atoms with van der Waals surface area (Å²) in [5.41, 5.74) is 3.46. The van der Waals surface area contributed by atoms with Gasteiger partial charge in [0.2, 0.25) is 5.91 Å². The van der Waals surface area contributed by atoms with Crippen LogP contribution < -0.4 is 9.80 Å². The van der Waals surface area contributed by atoms with Crippen LogP contribution in [0.15, 0.2) is 60.8 Å². The van der Waals surface area contributed by atoms with Gasteiger partial charge in [-0.15, -0.1) is 0 Å². The molecule has 0 radical (unpaired) electrons. The smallest absolute Gasteiger partial charge is 0.231 e. The monoisotopic (exact) mass is 381 g/mol. The molecule has 2 aliphatic heterocycles. The Kier molecular flexibility index (Phi) is 5.46. The summed E-state index contributed by atoms with van der Waals surface area (Å²) in [5, 5.41) is 0.782. The van der Waals surface area contributed by atoms with Crippen molar-refractivity contribution in [3.05, 3.63) is 71.4 Å². The fourth-order valence-corrected chi connectivity index (χ4v) is 3.96. The van der Waals surface area contributed by atoms with E-state index in [-0.39, 0.29) is 5.91 Å². The average molecular weight is 382 g/mol. The number of para-hydroxylation sites is 1. The molecule has 0 aliphatic carbocycles. The van der Waals surface area contributed by atoms with Crippen molar-refractivity contribution in [2.45, 2.75) is 12.8 Å². The molecule has 4 nitrogen and oxygen atoms in total. The average Bonchev–Trinajstić information content (AvgIpc) is 2.70. The Bertz CT molecular complexity index is 843. The fraction of sp³-hybridized carbons (Fsp3) is 0.318. The van der Waals surface area contributed by atoms with Crippen LogP contribution in [-0.2, 0) is 11.2 Å². The fourth-order valence-electron chi connectivity index (χ4n) is 3.78. The van der Waals surface area contributed by atoms with Gasteiger partial charge >= 0.3 is 0 Å². The first kappa shape index (κ1) is 18.1. The molecule has 0 spiro atoms. The van der Waals surface area contributed by atoms with E-state index in [1.165, 1.54) is 11.3 Å². The molecule has 140 valence electrons. The normalized spacial score (nSPS) is 18.2. The highest BCUT2D eigenvalue weighted by atomic mass is 35.5. The number of hydrogen-bond acceptors (Lipinski definition) is 3. The number of anilines is 2. The number of carbonyl (C=O) groups is 1. The zero-order chi connectivity index (χ0) is 18.6. The third-order valence-corrected chi connectivity index (χ3v) is 5.53. The Hall–Kier alpha value is -2.30. The number of aryl methyl sites for hydroxylation is 1.